The zero-order chi connectivity index (χ0) is 16.0. The zero-order valence-corrected chi connectivity index (χ0v) is 13.0. The SMILES string of the molecule is CNC(=O)c1ccc([N+](=O)[O-])c(NCCC(C)S(C)=O)c1. The van der Waals surface area contributed by atoms with Crippen LogP contribution < -0.4 is 10.6 Å². The molecule has 21 heavy (non-hydrogen) atoms. The predicted molar refractivity (Wildman–Crippen MR) is 83.1 cm³/mol. The Morgan fingerprint density at radius 3 is 2.67 bits per heavy atom. The molecule has 0 radical (unpaired) electrons. The molecule has 0 aliphatic rings. The van der Waals surface area contributed by atoms with Crippen molar-refractivity contribution in [2.75, 3.05) is 25.2 Å². The van der Waals surface area contributed by atoms with Crippen molar-refractivity contribution in [1.82, 2.24) is 5.32 Å². The number of anilines is 1. The first-order chi connectivity index (χ1) is 9.86. The molecular weight excluding hydrogens is 294 g/mol. The molecule has 0 saturated carbocycles. The van der Waals surface area contributed by atoms with Crippen LogP contribution in [0.1, 0.15) is 23.7 Å². The number of benzene rings is 1. The second kappa shape index (κ2) is 7.72. The largest absolute Gasteiger partial charge is 0.379 e. The van der Waals surface area contributed by atoms with Crippen molar-refractivity contribution < 1.29 is 13.9 Å². The molecule has 7 nitrogen and oxygen atoms in total. The van der Waals surface area contributed by atoms with E-state index < -0.39 is 15.7 Å². The molecule has 0 spiro atoms. The van der Waals surface area contributed by atoms with Crippen LogP contribution in [0.25, 0.3) is 0 Å². The van der Waals surface area contributed by atoms with Crippen molar-refractivity contribution >= 4 is 28.1 Å². The molecule has 116 valence electrons. The van der Waals surface area contributed by atoms with Gasteiger partial charge >= 0.3 is 0 Å². The molecule has 0 heterocycles. The Hall–Kier alpha value is -1.96. The highest BCUT2D eigenvalue weighted by molar-refractivity contribution is 7.84. The van der Waals surface area contributed by atoms with Gasteiger partial charge in [-0.2, -0.15) is 0 Å². The molecule has 2 N–H and O–H groups in total. The number of hydrogen-bond donors (Lipinski definition) is 2. The first kappa shape index (κ1) is 17.1. The van der Waals surface area contributed by atoms with Gasteiger partial charge in [0.05, 0.1) is 4.92 Å². The maximum absolute atomic E-state index is 11.6. The summed E-state index contributed by atoms with van der Waals surface area (Å²) in [7, 11) is 0.562. The molecule has 0 saturated heterocycles. The molecular formula is C13H19N3O4S. The van der Waals surface area contributed by atoms with Crippen LogP contribution in [0.2, 0.25) is 0 Å². The Kier molecular flexibility index (Phi) is 6.29. The minimum Gasteiger partial charge on any atom is -0.379 e. The number of rotatable bonds is 7. The number of amides is 1. The van der Waals surface area contributed by atoms with E-state index in [0.717, 1.165) is 0 Å². The lowest BCUT2D eigenvalue weighted by Crippen LogP contribution is -2.19. The number of carbonyl (C=O) groups excluding carboxylic acids is 1. The normalized spacial score (nSPS) is 13.3. The third-order valence-corrected chi connectivity index (χ3v) is 4.48. The summed E-state index contributed by atoms with van der Waals surface area (Å²) in [6.07, 6.45) is 2.24. The fourth-order valence-electron chi connectivity index (χ4n) is 1.70. The van der Waals surface area contributed by atoms with Gasteiger partial charge in [0.15, 0.2) is 0 Å². The molecule has 0 aliphatic heterocycles. The summed E-state index contributed by atoms with van der Waals surface area (Å²) in [5.74, 6) is -0.309. The first-order valence-corrected chi connectivity index (χ1v) is 8.05. The molecule has 0 bridgehead atoms. The molecule has 2 unspecified atom stereocenters. The van der Waals surface area contributed by atoms with Crippen LogP contribution in [-0.2, 0) is 10.8 Å². The van der Waals surface area contributed by atoms with Gasteiger partial charge in [0.1, 0.15) is 5.69 Å². The van der Waals surface area contributed by atoms with E-state index in [-0.39, 0.29) is 22.5 Å². The van der Waals surface area contributed by atoms with Gasteiger partial charge in [-0.05, 0) is 18.6 Å². The van der Waals surface area contributed by atoms with Gasteiger partial charge in [-0.1, -0.05) is 6.92 Å². The monoisotopic (exact) mass is 313 g/mol. The average Bonchev–Trinajstić information content (AvgIpc) is 2.45. The highest BCUT2D eigenvalue weighted by Gasteiger charge is 2.16. The van der Waals surface area contributed by atoms with Crippen LogP contribution in [0.3, 0.4) is 0 Å². The van der Waals surface area contributed by atoms with Crippen LogP contribution in [0.5, 0.6) is 0 Å². The minimum absolute atomic E-state index is 0.00122. The van der Waals surface area contributed by atoms with E-state index in [1.54, 1.807) is 6.26 Å². The van der Waals surface area contributed by atoms with Crippen LogP contribution >= 0.6 is 0 Å². The molecule has 1 aromatic carbocycles. The summed E-state index contributed by atoms with van der Waals surface area (Å²) < 4.78 is 11.3. The first-order valence-electron chi connectivity index (χ1n) is 6.43. The zero-order valence-electron chi connectivity index (χ0n) is 12.2. The summed E-state index contributed by atoms with van der Waals surface area (Å²) in [6.45, 7) is 2.30. The van der Waals surface area contributed by atoms with E-state index in [9.17, 15) is 19.1 Å². The topological polar surface area (TPSA) is 101 Å². The maximum atomic E-state index is 11.6. The van der Waals surface area contributed by atoms with Crippen molar-refractivity contribution in [2.45, 2.75) is 18.6 Å². The van der Waals surface area contributed by atoms with E-state index in [1.165, 1.54) is 25.2 Å². The second-order valence-electron chi connectivity index (χ2n) is 4.59. The number of nitrogens with zero attached hydrogens (tertiary/aromatic N) is 1. The molecule has 1 aromatic rings. The highest BCUT2D eigenvalue weighted by Crippen LogP contribution is 2.25. The van der Waals surface area contributed by atoms with Crippen LogP contribution in [0.4, 0.5) is 11.4 Å². The van der Waals surface area contributed by atoms with E-state index in [4.69, 9.17) is 0 Å². The summed E-state index contributed by atoms with van der Waals surface area (Å²) in [4.78, 5) is 22.1. The third-order valence-electron chi connectivity index (χ3n) is 3.12. The minimum atomic E-state index is -0.933. The Balaban J connectivity index is 2.88. The van der Waals surface area contributed by atoms with Crippen LogP contribution in [0.15, 0.2) is 18.2 Å². The summed E-state index contributed by atoms with van der Waals surface area (Å²) in [6, 6.07) is 4.16. The van der Waals surface area contributed by atoms with Crippen molar-refractivity contribution in [3.05, 3.63) is 33.9 Å². The van der Waals surface area contributed by atoms with Crippen LogP contribution in [0, 0.1) is 10.1 Å². The highest BCUT2D eigenvalue weighted by atomic mass is 32.2. The average molecular weight is 313 g/mol. The van der Waals surface area contributed by atoms with E-state index >= 15 is 0 Å². The number of hydrogen-bond acceptors (Lipinski definition) is 5. The van der Waals surface area contributed by atoms with Gasteiger partial charge in [-0.25, -0.2) is 0 Å². The van der Waals surface area contributed by atoms with Crippen molar-refractivity contribution in [3.8, 4) is 0 Å². The smallest absolute Gasteiger partial charge is 0.292 e. The standard InChI is InChI=1S/C13H19N3O4S/c1-9(21(3)20)6-7-15-11-8-10(13(17)14-2)4-5-12(11)16(18)19/h4-5,8-9,15H,6-7H2,1-3H3,(H,14,17). The Labute approximate surface area is 125 Å². The Morgan fingerprint density at radius 1 is 1.48 bits per heavy atom. The van der Waals surface area contributed by atoms with Gasteiger partial charge in [0.2, 0.25) is 0 Å². The van der Waals surface area contributed by atoms with E-state index in [1.807, 2.05) is 6.92 Å². The van der Waals surface area contributed by atoms with Crippen molar-refractivity contribution in [2.24, 2.45) is 0 Å². The molecule has 0 aromatic heterocycles. The van der Waals surface area contributed by atoms with Gasteiger partial charge in [0, 0.05) is 47.5 Å². The molecule has 0 fully saturated rings. The molecule has 0 aliphatic carbocycles. The molecule has 8 heteroatoms. The number of carbonyl (C=O) groups is 1. The fraction of sp³-hybridized carbons (Fsp3) is 0.462. The summed E-state index contributed by atoms with van der Waals surface area (Å²) in [5, 5.41) is 16.4. The van der Waals surface area contributed by atoms with Crippen molar-refractivity contribution in [3.63, 3.8) is 0 Å². The predicted octanol–water partition coefficient (Wildman–Crippen LogP) is 1.52. The lowest BCUT2D eigenvalue weighted by atomic mass is 10.1. The molecule has 2 atom stereocenters. The van der Waals surface area contributed by atoms with Gasteiger partial charge in [0.25, 0.3) is 11.6 Å². The van der Waals surface area contributed by atoms with E-state index in [2.05, 4.69) is 10.6 Å². The molecule has 1 amide bonds. The third kappa shape index (κ3) is 4.82. The Bertz CT molecular complexity index is 562. The maximum Gasteiger partial charge on any atom is 0.292 e. The van der Waals surface area contributed by atoms with Crippen LogP contribution in [-0.4, -0.2) is 40.1 Å². The molecule has 1 rings (SSSR count). The summed E-state index contributed by atoms with van der Waals surface area (Å²) >= 11 is 0. The van der Waals surface area contributed by atoms with Gasteiger partial charge < -0.3 is 10.6 Å². The number of nitro benzene ring substituents is 1. The second-order valence-corrected chi connectivity index (χ2v) is 6.39. The summed E-state index contributed by atoms with van der Waals surface area (Å²) in [5.41, 5.74) is 0.542. The van der Waals surface area contributed by atoms with Gasteiger partial charge in [-0.15, -0.1) is 0 Å². The van der Waals surface area contributed by atoms with Gasteiger partial charge in [-0.3, -0.25) is 19.1 Å². The Morgan fingerprint density at radius 2 is 2.14 bits per heavy atom. The lowest BCUT2D eigenvalue weighted by molar-refractivity contribution is -0.384. The fourth-order valence-corrected chi connectivity index (χ4v) is 2.15. The quantitative estimate of drug-likeness (QED) is 0.587. The number of nitro groups is 1. The number of nitrogens with one attached hydrogen (secondary N) is 2. The van der Waals surface area contributed by atoms with Crippen molar-refractivity contribution in [1.29, 1.82) is 0 Å². The lowest BCUT2D eigenvalue weighted by Gasteiger charge is -2.11. The van der Waals surface area contributed by atoms with E-state index in [0.29, 0.717) is 18.5 Å².